The topological polar surface area (TPSA) is 47.7 Å². The van der Waals surface area contributed by atoms with E-state index in [1.165, 1.54) is 11.3 Å². The fourth-order valence-electron chi connectivity index (χ4n) is 2.27. The number of anilines is 1. The lowest BCUT2D eigenvalue weighted by Crippen LogP contribution is -2.36. The van der Waals surface area contributed by atoms with Gasteiger partial charge in [-0.3, -0.25) is 0 Å². The Hall–Kier alpha value is -1.26. The van der Waals surface area contributed by atoms with Crippen molar-refractivity contribution < 1.29 is 9.47 Å². The van der Waals surface area contributed by atoms with Crippen molar-refractivity contribution in [2.24, 2.45) is 5.73 Å². The molecule has 0 unspecified atom stereocenters. The Morgan fingerprint density at radius 2 is 2.11 bits per heavy atom. The third-order valence-corrected chi connectivity index (χ3v) is 3.29. The number of ether oxygens (including phenoxy) is 2. The summed E-state index contributed by atoms with van der Waals surface area (Å²) in [5, 5.41) is 0. The normalized spacial score (nSPS) is 15.8. The number of nitrogens with two attached hydrogens (primary N) is 1. The molecule has 0 aliphatic carbocycles. The SMILES string of the molecule is COc1ccc(N2CCOCC2)cc1CCCN. The van der Waals surface area contributed by atoms with Crippen molar-refractivity contribution in [3.63, 3.8) is 0 Å². The van der Waals surface area contributed by atoms with E-state index in [1.54, 1.807) is 7.11 Å². The lowest BCUT2D eigenvalue weighted by molar-refractivity contribution is 0.122. The van der Waals surface area contributed by atoms with Gasteiger partial charge >= 0.3 is 0 Å². The van der Waals surface area contributed by atoms with E-state index in [0.717, 1.165) is 44.9 Å². The lowest BCUT2D eigenvalue weighted by Gasteiger charge is -2.29. The van der Waals surface area contributed by atoms with E-state index in [1.807, 2.05) is 0 Å². The quantitative estimate of drug-likeness (QED) is 0.858. The van der Waals surface area contributed by atoms with Gasteiger partial charge in [0.05, 0.1) is 20.3 Å². The number of benzene rings is 1. The van der Waals surface area contributed by atoms with Crippen molar-refractivity contribution in [1.82, 2.24) is 0 Å². The van der Waals surface area contributed by atoms with Crippen LogP contribution in [0.4, 0.5) is 5.69 Å². The van der Waals surface area contributed by atoms with Gasteiger partial charge in [0.15, 0.2) is 0 Å². The molecule has 18 heavy (non-hydrogen) atoms. The summed E-state index contributed by atoms with van der Waals surface area (Å²) in [6.07, 6.45) is 1.96. The molecule has 4 heteroatoms. The predicted molar refractivity (Wildman–Crippen MR) is 73.4 cm³/mol. The summed E-state index contributed by atoms with van der Waals surface area (Å²) in [4.78, 5) is 2.36. The molecule has 1 aromatic carbocycles. The molecule has 0 saturated carbocycles. The Bertz CT molecular complexity index is 376. The first-order chi connectivity index (χ1) is 8.85. The maximum Gasteiger partial charge on any atom is 0.122 e. The highest BCUT2D eigenvalue weighted by molar-refractivity contribution is 5.53. The van der Waals surface area contributed by atoms with E-state index in [-0.39, 0.29) is 0 Å². The van der Waals surface area contributed by atoms with E-state index in [0.29, 0.717) is 6.54 Å². The van der Waals surface area contributed by atoms with E-state index in [4.69, 9.17) is 15.2 Å². The summed E-state index contributed by atoms with van der Waals surface area (Å²) in [6.45, 7) is 4.25. The smallest absolute Gasteiger partial charge is 0.122 e. The van der Waals surface area contributed by atoms with Crippen LogP contribution in [0.1, 0.15) is 12.0 Å². The Balaban J connectivity index is 2.15. The van der Waals surface area contributed by atoms with Crippen LogP contribution in [0.5, 0.6) is 5.75 Å². The van der Waals surface area contributed by atoms with Gasteiger partial charge in [0.25, 0.3) is 0 Å². The summed E-state index contributed by atoms with van der Waals surface area (Å²) < 4.78 is 10.8. The van der Waals surface area contributed by atoms with E-state index < -0.39 is 0 Å². The molecule has 1 aliphatic rings. The molecule has 2 rings (SSSR count). The van der Waals surface area contributed by atoms with Crippen LogP contribution in [0.2, 0.25) is 0 Å². The molecule has 4 nitrogen and oxygen atoms in total. The van der Waals surface area contributed by atoms with Crippen molar-refractivity contribution in [2.75, 3.05) is 44.9 Å². The number of methoxy groups -OCH3 is 1. The van der Waals surface area contributed by atoms with E-state index in [2.05, 4.69) is 23.1 Å². The standard InChI is InChI=1S/C14H22N2O2/c1-17-14-5-4-13(11-12(14)3-2-6-15)16-7-9-18-10-8-16/h4-5,11H,2-3,6-10,15H2,1H3. The second-order valence-electron chi connectivity index (χ2n) is 4.49. The molecule has 1 aliphatic heterocycles. The molecule has 0 aromatic heterocycles. The van der Waals surface area contributed by atoms with Crippen LogP contribution in [-0.4, -0.2) is 40.0 Å². The molecule has 0 amide bonds. The largest absolute Gasteiger partial charge is 0.496 e. The van der Waals surface area contributed by atoms with Gasteiger partial charge in [-0.1, -0.05) is 0 Å². The minimum atomic E-state index is 0.713. The maximum atomic E-state index is 5.58. The Labute approximate surface area is 109 Å². The summed E-state index contributed by atoms with van der Waals surface area (Å²) >= 11 is 0. The first-order valence-electron chi connectivity index (χ1n) is 6.55. The molecule has 0 spiro atoms. The molecule has 1 heterocycles. The fourth-order valence-corrected chi connectivity index (χ4v) is 2.27. The molecule has 1 aromatic rings. The van der Waals surface area contributed by atoms with Crippen LogP contribution in [0, 0.1) is 0 Å². The first kappa shape index (κ1) is 13.2. The Morgan fingerprint density at radius 3 is 2.78 bits per heavy atom. The maximum absolute atomic E-state index is 5.58. The molecular weight excluding hydrogens is 228 g/mol. The van der Waals surface area contributed by atoms with Gasteiger partial charge in [-0.25, -0.2) is 0 Å². The lowest BCUT2D eigenvalue weighted by atomic mass is 10.1. The molecule has 1 fully saturated rings. The van der Waals surface area contributed by atoms with Gasteiger partial charge in [0.1, 0.15) is 5.75 Å². The summed E-state index contributed by atoms with van der Waals surface area (Å²) in [7, 11) is 1.72. The van der Waals surface area contributed by atoms with Crippen LogP contribution >= 0.6 is 0 Å². The average molecular weight is 250 g/mol. The van der Waals surface area contributed by atoms with Gasteiger partial charge < -0.3 is 20.1 Å². The third-order valence-electron chi connectivity index (χ3n) is 3.29. The van der Waals surface area contributed by atoms with Gasteiger partial charge in [0.2, 0.25) is 0 Å². The number of nitrogens with zero attached hydrogens (tertiary/aromatic N) is 1. The second kappa shape index (κ2) is 6.61. The molecule has 0 atom stereocenters. The minimum absolute atomic E-state index is 0.713. The van der Waals surface area contributed by atoms with Crippen molar-refractivity contribution in [2.45, 2.75) is 12.8 Å². The van der Waals surface area contributed by atoms with Crippen LogP contribution < -0.4 is 15.4 Å². The number of morpholine rings is 1. The molecule has 1 saturated heterocycles. The van der Waals surface area contributed by atoms with Gasteiger partial charge in [-0.15, -0.1) is 0 Å². The highest BCUT2D eigenvalue weighted by Crippen LogP contribution is 2.26. The predicted octanol–water partition coefficient (Wildman–Crippen LogP) is 1.42. The van der Waals surface area contributed by atoms with Crippen LogP contribution in [-0.2, 0) is 11.2 Å². The highest BCUT2D eigenvalue weighted by Gasteiger charge is 2.13. The Kier molecular flexibility index (Phi) is 4.84. The number of aryl methyl sites for hydroxylation is 1. The second-order valence-corrected chi connectivity index (χ2v) is 4.49. The molecule has 0 radical (unpaired) electrons. The summed E-state index contributed by atoms with van der Waals surface area (Å²) in [5.74, 6) is 0.959. The fraction of sp³-hybridized carbons (Fsp3) is 0.571. The van der Waals surface area contributed by atoms with Crippen LogP contribution in [0.25, 0.3) is 0 Å². The van der Waals surface area contributed by atoms with Crippen molar-refractivity contribution in [1.29, 1.82) is 0 Å². The van der Waals surface area contributed by atoms with E-state index >= 15 is 0 Å². The Morgan fingerprint density at radius 1 is 1.33 bits per heavy atom. The van der Waals surface area contributed by atoms with Gasteiger partial charge in [-0.05, 0) is 43.1 Å². The summed E-state index contributed by atoms with van der Waals surface area (Å²) in [5.41, 5.74) is 8.08. The van der Waals surface area contributed by atoms with Gasteiger partial charge in [0, 0.05) is 18.8 Å². The number of hydrogen-bond acceptors (Lipinski definition) is 4. The van der Waals surface area contributed by atoms with Crippen LogP contribution in [0.15, 0.2) is 18.2 Å². The monoisotopic (exact) mass is 250 g/mol. The summed E-state index contributed by atoms with van der Waals surface area (Å²) in [6, 6.07) is 6.40. The zero-order valence-corrected chi connectivity index (χ0v) is 11.0. The van der Waals surface area contributed by atoms with Gasteiger partial charge in [-0.2, -0.15) is 0 Å². The molecule has 2 N–H and O–H groups in total. The zero-order chi connectivity index (χ0) is 12.8. The van der Waals surface area contributed by atoms with Crippen molar-refractivity contribution in [3.8, 4) is 5.75 Å². The molecular formula is C14H22N2O2. The highest BCUT2D eigenvalue weighted by atomic mass is 16.5. The molecule has 0 bridgehead atoms. The van der Waals surface area contributed by atoms with Crippen molar-refractivity contribution >= 4 is 5.69 Å². The molecule has 100 valence electrons. The van der Waals surface area contributed by atoms with E-state index in [9.17, 15) is 0 Å². The van der Waals surface area contributed by atoms with Crippen LogP contribution in [0.3, 0.4) is 0 Å². The number of hydrogen-bond donors (Lipinski definition) is 1. The average Bonchev–Trinajstić information content (AvgIpc) is 2.45. The third kappa shape index (κ3) is 3.15. The van der Waals surface area contributed by atoms with Crippen molar-refractivity contribution in [3.05, 3.63) is 23.8 Å². The minimum Gasteiger partial charge on any atom is -0.496 e. The zero-order valence-electron chi connectivity index (χ0n) is 11.0. The number of rotatable bonds is 5. The first-order valence-corrected chi connectivity index (χ1v) is 6.55.